The molecule has 2 aliphatic rings. The van der Waals surface area contributed by atoms with E-state index in [2.05, 4.69) is 26.1 Å². The summed E-state index contributed by atoms with van der Waals surface area (Å²) in [5.74, 6) is 0.760. The summed E-state index contributed by atoms with van der Waals surface area (Å²) in [6.45, 7) is 11.8. The lowest BCUT2D eigenvalue weighted by Crippen LogP contribution is -2.47. The van der Waals surface area contributed by atoms with Crippen LogP contribution >= 0.6 is 0 Å². The first-order valence-electron chi connectivity index (χ1n) is 8.28. The van der Waals surface area contributed by atoms with E-state index < -0.39 is 6.10 Å². The molecule has 2 rings (SSSR count). The molecular formula is C17H33NO3. The molecule has 0 radical (unpaired) electrons. The van der Waals surface area contributed by atoms with Crippen molar-refractivity contribution in [3.8, 4) is 0 Å². The van der Waals surface area contributed by atoms with Crippen molar-refractivity contribution in [3.05, 3.63) is 0 Å². The highest BCUT2D eigenvalue weighted by Crippen LogP contribution is 2.66. The number of hydrogen-bond acceptors (Lipinski definition) is 4. The van der Waals surface area contributed by atoms with Gasteiger partial charge in [0.15, 0.2) is 0 Å². The average Bonchev–Trinajstić information content (AvgIpc) is 2.75. The summed E-state index contributed by atoms with van der Waals surface area (Å²) in [4.78, 5) is 0. The van der Waals surface area contributed by atoms with Gasteiger partial charge in [0.2, 0.25) is 0 Å². The molecule has 0 aromatic heterocycles. The molecule has 2 bridgehead atoms. The fourth-order valence-electron chi connectivity index (χ4n) is 4.12. The number of rotatable bonds is 7. The van der Waals surface area contributed by atoms with Gasteiger partial charge in [-0.2, -0.15) is 0 Å². The summed E-state index contributed by atoms with van der Waals surface area (Å²) < 4.78 is 6.08. The topological polar surface area (TPSA) is 61.7 Å². The summed E-state index contributed by atoms with van der Waals surface area (Å²) in [6, 6.07) is 0. The first-order valence-corrected chi connectivity index (χ1v) is 8.28. The smallest absolute Gasteiger partial charge is 0.0898 e. The summed E-state index contributed by atoms with van der Waals surface area (Å²) in [5.41, 5.74) is 0.232. The van der Waals surface area contributed by atoms with E-state index in [9.17, 15) is 10.2 Å². The Balaban J connectivity index is 1.80. The maximum atomic E-state index is 10.1. The minimum Gasteiger partial charge on any atom is -0.394 e. The van der Waals surface area contributed by atoms with Gasteiger partial charge in [-0.15, -0.1) is 0 Å². The summed E-state index contributed by atoms with van der Waals surface area (Å²) in [6.07, 6.45) is 3.43. The van der Waals surface area contributed by atoms with Crippen LogP contribution < -0.4 is 5.32 Å². The normalized spacial score (nSPS) is 36.1. The fraction of sp³-hybridized carbons (Fsp3) is 1.00. The lowest BCUT2D eigenvalue weighted by molar-refractivity contribution is -0.0751. The van der Waals surface area contributed by atoms with Gasteiger partial charge in [-0.1, -0.05) is 20.8 Å². The van der Waals surface area contributed by atoms with Crippen LogP contribution in [0.4, 0.5) is 0 Å². The molecule has 21 heavy (non-hydrogen) atoms. The zero-order chi connectivity index (χ0) is 15.9. The van der Waals surface area contributed by atoms with E-state index in [0.717, 1.165) is 12.3 Å². The Morgan fingerprint density at radius 3 is 2.48 bits per heavy atom. The van der Waals surface area contributed by atoms with Gasteiger partial charge in [-0.25, -0.2) is 0 Å². The molecular weight excluding hydrogens is 266 g/mol. The van der Waals surface area contributed by atoms with E-state index in [1.165, 1.54) is 12.8 Å². The molecule has 2 aliphatic carbocycles. The standard InChI is InChI=1S/C17H33NO3/c1-15(2,11-19)18-9-13(20)10-21-14-8-12-6-7-17(14,5)16(12,3)4/h12-14,18-20H,6-11H2,1-5H3/t12-,13+,14-,17-/m1/s1. The van der Waals surface area contributed by atoms with Crippen LogP contribution in [-0.2, 0) is 4.74 Å². The van der Waals surface area contributed by atoms with Crippen LogP contribution in [0.1, 0.15) is 53.9 Å². The van der Waals surface area contributed by atoms with E-state index >= 15 is 0 Å². The third kappa shape index (κ3) is 3.14. The summed E-state index contributed by atoms with van der Waals surface area (Å²) in [5, 5.41) is 22.4. The molecule has 0 aromatic carbocycles. The van der Waals surface area contributed by atoms with E-state index in [4.69, 9.17) is 4.74 Å². The molecule has 0 aliphatic heterocycles. The second-order valence-electron chi connectivity index (χ2n) is 8.51. The zero-order valence-electron chi connectivity index (χ0n) is 14.3. The second kappa shape index (κ2) is 5.80. The van der Waals surface area contributed by atoms with Crippen LogP contribution in [-0.4, -0.2) is 47.7 Å². The van der Waals surface area contributed by atoms with E-state index in [-0.39, 0.29) is 23.7 Å². The Morgan fingerprint density at radius 2 is 2.00 bits per heavy atom. The maximum absolute atomic E-state index is 10.1. The van der Waals surface area contributed by atoms with Crippen LogP contribution in [0.2, 0.25) is 0 Å². The number of β-amino-alcohol motifs (C(OH)–C–C–N with tert-alkyl or cyclic N) is 1. The van der Waals surface area contributed by atoms with Crippen molar-refractivity contribution >= 4 is 0 Å². The highest BCUT2D eigenvalue weighted by atomic mass is 16.5. The molecule has 4 atom stereocenters. The van der Waals surface area contributed by atoms with Gasteiger partial charge in [0, 0.05) is 12.1 Å². The highest BCUT2D eigenvalue weighted by Gasteiger charge is 2.61. The van der Waals surface area contributed by atoms with Gasteiger partial charge in [-0.05, 0) is 49.9 Å². The van der Waals surface area contributed by atoms with Gasteiger partial charge in [0.25, 0.3) is 0 Å². The third-order valence-corrected chi connectivity index (χ3v) is 6.42. The molecule has 0 aromatic rings. The van der Waals surface area contributed by atoms with Gasteiger partial charge >= 0.3 is 0 Å². The number of aliphatic hydroxyl groups excluding tert-OH is 2. The maximum Gasteiger partial charge on any atom is 0.0898 e. The van der Waals surface area contributed by atoms with Crippen LogP contribution in [0.15, 0.2) is 0 Å². The van der Waals surface area contributed by atoms with Crippen molar-refractivity contribution in [2.45, 2.75) is 71.6 Å². The van der Waals surface area contributed by atoms with Gasteiger partial charge < -0.3 is 20.3 Å². The highest BCUT2D eigenvalue weighted by molar-refractivity contribution is 5.11. The largest absolute Gasteiger partial charge is 0.394 e. The Kier molecular flexibility index (Phi) is 4.75. The summed E-state index contributed by atoms with van der Waals surface area (Å²) in [7, 11) is 0. The minimum atomic E-state index is -0.526. The zero-order valence-corrected chi connectivity index (χ0v) is 14.3. The molecule has 2 saturated carbocycles. The molecule has 3 N–H and O–H groups in total. The first-order chi connectivity index (χ1) is 9.62. The molecule has 2 fully saturated rings. The molecule has 4 nitrogen and oxygen atoms in total. The number of fused-ring (bicyclic) bond motifs is 2. The number of aliphatic hydroxyl groups is 2. The molecule has 0 heterocycles. The SMILES string of the molecule is CC(C)(CO)NC[C@H](O)CO[C@@H]1C[C@H]2CC[C@@]1(C)C2(C)C. The molecule has 124 valence electrons. The molecule has 0 unspecified atom stereocenters. The van der Waals surface area contributed by atoms with E-state index in [0.29, 0.717) is 18.6 Å². The molecule has 4 heteroatoms. The quantitative estimate of drug-likeness (QED) is 0.672. The van der Waals surface area contributed by atoms with Crippen LogP contribution in [0.25, 0.3) is 0 Å². The Morgan fingerprint density at radius 1 is 1.33 bits per heavy atom. The number of ether oxygens (including phenoxy) is 1. The van der Waals surface area contributed by atoms with Crippen molar-refractivity contribution in [2.24, 2.45) is 16.7 Å². The predicted octanol–water partition coefficient (Wildman–Crippen LogP) is 1.94. The predicted molar refractivity (Wildman–Crippen MR) is 84.1 cm³/mol. The minimum absolute atomic E-state index is 0.0527. The second-order valence-corrected chi connectivity index (χ2v) is 8.51. The molecule has 0 amide bonds. The van der Waals surface area contributed by atoms with Crippen LogP contribution in [0.5, 0.6) is 0 Å². The lowest BCUT2D eigenvalue weighted by atomic mass is 9.70. The lowest BCUT2D eigenvalue weighted by Gasteiger charge is -2.39. The third-order valence-electron chi connectivity index (χ3n) is 6.42. The average molecular weight is 299 g/mol. The van der Waals surface area contributed by atoms with Gasteiger partial charge in [0.1, 0.15) is 0 Å². The molecule has 0 saturated heterocycles. The van der Waals surface area contributed by atoms with Crippen LogP contribution in [0.3, 0.4) is 0 Å². The van der Waals surface area contributed by atoms with Gasteiger partial charge in [0.05, 0.1) is 25.4 Å². The summed E-state index contributed by atoms with van der Waals surface area (Å²) >= 11 is 0. The van der Waals surface area contributed by atoms with Crippen LogP contribution in [0, 0.1) is 16.7 Å². The van der Waals surface area contributed by atoms with Crippen molar-refractivity contribution in [1.29, 1.82) is 0 Å². The molecule has 0 spiro atoms. The van der Waals surface area contributed by atoms with E-state index in [1.54, 1.807) is 0 Å². The van der Waals surface area contributed by atoms with Crippen molar-refractivity contribution < 1.29 is 14.9 Å². The number of nitrogens with one attached hydrogen (secondary N) is 1. The Labute approximate surface area is 129 Å². The monoisotopic (exact) mass is 299 g/mol. The van der Waals surface area contributed by atoms with E-state index in [1.807, 2.05) is 13.8 Å². The Hall–Kier alpha value is -0.160. The Bertz CT molecular complexity index is 369. The fourth-order valence-corrected chi connectivity index (χ4v) is 4.12. The van der Waals surface area contributed by atoms with Crippen molar-refractivity contribution in [3.63, 3.8) is 0 Å². The van der Waals surface area contributed by atoms with Gasteiger partial charge in [-0.3, -0.25) is 0 Å². The van der Waals surface area contributed by atoms with Crippen molar-refractivity contribution in [1.82, 2.24) is 5.32 Å². The first kappa shape index (κ1) is 17.2. The number of hydrogen-bond donors (Lipinski definition) is 3. The van der Waals surface area contributed by atoms with Crippen molar-refractivity contribution in [2.75, 3.05) is 19.8 Å².